The number of Topliss-reactive ketones (excluding diaryl/α,β-unsaturated/α-hetero) is 2. The second kappa shape index (κ2) is 11.9. The Morgan fingerprint density at radius 2 is 1.72 bits per heavy atom. The Morgan fingerprint density at radius 1 is 1.07 bits per heavy atom. The van der Waals surface area contributed by atoms with Crippen LogP contribution in [0.4, 0.5) is 5.69 Å². The second-order valence-electron chi connectivity index (χ2n) is 12.4. The summed E-state index contributed by atoms with van der Waals surface area (Å²) in [6.07, 6.45) is 0.202. The molecule has 1 amide bonds. The molecule has 2 aromatic rings. The van der Waals surface area contributed by atoms with Gasteiger partial charge in [0.1, 0.15) is 22.8 Å². The lowest BCUT2D eigenvalue weighted by Crippen LogP contribution is -2.63. The van der Waals surface area contributed by atoms with Crippen LogP contribution in [0.1, 0.15) is 43.8 Å². The minimum Gasteiger partial charge on any atom is -0.510 e. The number of fused-ring (bicyclic) bond motifs is 3. The fourth-order valence-corrected chi connectivity index (χ4v) is 7.10. The van der Waals surface area contributed by atoms with Crippen LogP contribution in [-0.2, 0) is 33.8 Å². The van der Waals surface area contributed by atoms with E-state index >= 15 is 0 Å². The van der Waals surface area contributed by atoms with Crippen molar-refractivity contribution in [1.82, 2.24) is 10.2 Å². The standard InChI is InChI=1S/C33H38N4O9/c1-36(2)21-12-18(14-35-13-15-6-8-16(9-7-15)32(44)46-5)26(38)23-19(21)10-17-11-20-25(37(3)4)28(40)24(31(34)43)30(42)33(20,45)29(41)22(17)27(23)39/h6-9,12,17,20,25,35,38,40-41,45H,10-11,13-14H2,1-5H3,(H2,34,43)/t17-,20-,25-,33-/m0/s1. The van der Waals surface area contributed by atoms with Crippen molar-refractivity contribution in [2.24, 2.45) is 17.6 Å². The van der Waals surface area contributed by atoms with Gasteiger partial charge in [0.25, 0.3) is 5.91 Å². The van der Waals surface area contributed by atoms with E-state index in [-0.39, 0.29) is 36.3 Å². The van der Waals surface area contributed by atoms with Crippen molar-refractivity contribution in [3.63, 3.8) is 0 Å². The number of aromatic hydroxyl groups is 1. The summed E-state index contributed by atoms with van der Waals surface area (Å²) in [6.45, 7) is 0.533. The largest absolute Gasteiger partial charge is 0.510 e. The fraction of sp³-hybridized carbons (Fsp3) is 0.394. The van der Waals surface area contributed by atoms with E-state index in [4.69, 9.17) is 10.5 Å². The maximum atomic E-state index is 14.2. The first kappa shape index (κ1) is 32.7. The lowest BCUT2D eigenvalue weighted by molar-refractivity contribution is -0.148. The number of esters is 1. The van der Waals surface area contributed by atoms with Crippen molar-refractivity contribution in [1.29, 1.82) is 0 Å². The number of aliphatic hydroxyl groups excluding tert-OH is 2. The zero-order valence-corrected chi connectivity index (χ0v) is 26.2. The van der Waals surface area contributed by atoms with Crippen molar-refractivity contribution in [3.05, 3.63) is 80.8 Å². The van der Waals surface area contributed by atoms with Crippen LogP contribution in [0.3, 0.4) is 0 Å². The van der Waals surface area contributed by atoms with E-state index in [0.717, 1.165) is 5.56 Å². The van der Waals surface area contributed by atoms with E-state index in [9.17, 15) is 39.6 Å². The Morgan fingerprint density at radius 3 is 2.28 bits per heavy atom. The second-order valence-corrected chi connectivity index (χ2v) is 12.4. The zero-order chi connectivity index (χ0) is 33.8. The average molecular weight is 635 g/mol. The number of phenolic OH excluding ortho intramolecular Hbond substituents is 1. The molecule has 0 radical (unpaired) electrons. The number of ketones is 2. The van der Waals surface area contributed by atoms with Gasteiger partial charge in [0, 0.05) is 49.9 Å². The van der Waals surface area contributed by atoms with Crippen molar-refractivity contribution in [2.75, 3.05) is 40.2 Å². The van der Waals surface area contributed by atoms with E-state index < -0.39 is 64.0 Å². The molecule has 2 aromatic carbocycles. The maximum absolute atomic E-state index is 14.2. The highest BCUT2D eigenvalue weighted by molar-refractivity contribution is 6.25. The molecule has 5 rings (SSSR count). The minimum atomic E-state index is -2.70. The van der Waals surface area contributed by atoms with Gasteiger partial charge in [-0.15, -0.1) is 0 Å². The van der Waals surface area contributed by atoms with Crippen LogP contribution >= 0.6 is 0 Å². The Balaban J connectivity index is 1.53. The highest BCUT2D eigenvalue weighted by atomic mass is 16.5. The number of benzene rings is 2. The number of phenols is 1. The number of hydrogen-bond donors (Lipinski definition) is 6. The number of aliphatic hydroxyl groups is 3. The number of allylic oxidation sites excluding steroid dienone is 1. The van der Waals surface area contributed by atoms with Crippen LogP contribution in [-0.4, -0.2) is 95.7 Å². The summed E-state index contributed by atoms with van der Waals surface area (Å²) < 4.78 is 4.73. The number of hydrogen-bond acceptors (Lipinski definition) is 12. The van der Waals surface area contributed by atoms with E-state index in [0.29, 0.717) is 28.9 Å². The van der Waals surface area contributed by atoms with Gasteiger partial charge in [0.15, 0.2) is 11.4 Å². The number of nitrogens with one attached hydrogen (secondary N) is 1. The van der Waals surface area contributed by atoms with Crippen LogP contribution in [0.2, 0.25) is 0 Å². The quantitative estimate of drug-likeness (QED) is 0.180. The third-order valence-electron chi connectivity index (χ3n) is 9.28. The fourth-order valence-electron chi connectivity index (χ4n) is 7.10. The van der Waals surface area contributed by atoms with Crippen LogP contribution in [0.25, 0.3) is 0 Å². The van der Waals surface area contributed by atoms with E-state index in [2.05, 4.69) is 5.32 Å². The van der Waals surface area contributed by atoms with Crippen LogP contribution in [0, 0.1) is 11.8 Å². The van der Waals surface area contributed by atoms with E-state index in [1.807, 2.05) is 4.90 Å². The topological polar surface area (TPSA) is 203 Å². The summed E-state index contributed by atoms with van der Waals surface area (Å²) >= 11 is 0. The lowest BCUT2D eigenvalue weighted by Gasteiger charge is -2.50. The Kier molecular flexibility index (Phi) is 8.45. The minimum absolute atomic E-state index is 0.0114. The van der Waals surface area contributed by atoms with Crippen molar-refractivity contribution < 1.29 is 44.3 Å². The first-order valence-corrected chi connectivity index (χ1v) is 14.7. The molecule has 0 heterocycles. The molecule has 4 atom stereocenters. The first-order chi connectivity index (χ1) is 21.6. The summed E-state index contributed by atoms with van der Waals surface area (Å²) in [6, 6.07) is 7.54. The van der Waals surface area contributed by atoms with Gasteiger partial charge in [-0.05, 0) is 62.2 Å². The Bertz CT molecular complexity index is 1710. The van der Waals surface area contributed by atoms with Gasteiger partial charge in [0.2, 0.25) is 5.78 Å². The number of amides is 1. The van der Waals surface area contributed by atoms with Gasteiger partial charge in [-0.2, -0.15) is 0 Å². The highest BCUT2D eigenvalue weighted by Crippen LogP contribution is 2.53. The third-order valence-corrected chi connectivity index (χ3v) is 9.28. The van der Waals surface area contributed by atoms with Gasteiger partial charge >= 0.3 is 5.97 Å². The van der Waals surface area contributed by atoms with Crippen LogP contribution in [0.5, 0.6) is 5.75 Å². The Hall–Kier alpha value is -4.72. The maximum Gasteiger partial charge on any atom is 0.337 e. The number of primary amides is 1. The summed E-state index contributed by atoms with van der Waals surface area (Å²) in [5.74, 6) is -7.33. The molecule has 7 N–H and O–H groups in total. The van der Waals surface area contributed by atoms with Gasteiger partial charge in [-0.25, -0.2) is 4.79 Å². The lowest BCUT2D eigenvalue weighted by atomic mass is 9.58. The summed E-state index contributed by atoms with van der Waals surface area (Å²) in [5, 5.41) is 49.0. The number of methoxy groups -OCH3 is 1. The van der Waals surface area contributed by atoms with Crippen molar-refractivity contribution >= 4 is 29.1 Å². The van der Waals surface area contributed by atoms with Crippen molar-refractivity contribution in [2.45, 2.75) is 37.6 Å². The molecule has 0 fully saturated rings. The molecule has 0 unspecified atom stereocenters. The van der Waals surface area contributed by atoms with Gasteiger partial charge in [0.05, 0.1) is 24.3 Å². The zero-order valence-electron chi connectivity index (χ0n) is 26.2. The molecule has 13 nitrogen and oxygen atoms in total. The van der Waals surface area contributed by atoms with Crippen molar-refractivity contribution in [3.8, 4) is 5.75 Å². The summed E-state index contributed by atoms with van der Waals surface area (Å²) in [4.78, 5) is 55.0. The number of rotatable bonds is 8. The number of nitrogens with two attached hydrogens (primary N) is 1. The molecule has 0 saturated carbocycles. The third kappa shape index (κ3) is 5.00. The smallest absolute Gasteiger partial charge is 0.337 e. The number of ether oxygens (including phenoxy) is 1. The summed E-state index contributed by atoms with van der Waals surface area (Å²) in [5.41, 5.74) is 4.48. The number of nitrogens with zero attached hydrogens (tertiary/aromatic N) is 2. The number of anilines is 1. The molecule has 46 heavy (non-hydrogen) atoms. The monoisotopic (exact) mass is 634 g/mol. The van der Waals surface area contributed by atoms with Crippen LogP contribution in [0.15, 0.2) is 53.0 Å². The molecule has 0 spiro atoms. The molecule has 0 aliphatic heterocycles. The Labute approximate surface area is 265 Å². The number of likely N-dealkylation sites (N-methyl/N-ethyl adjacent to an activating group) is 1. The molecular formula is C33H38N4O9. The number of carbonyl (C=O) groups is 4. The molecule has 13 heteroatoms. The molecule has 0 bridgehead atoms. The van der Waals surface area contributed by atoms with Gasteiger partial charge < -0.3 is 41.1 Å². The van der Waals surface area contributed by atoms with Crippen LogP contribution < -0.4 is 16.0 Å². The molecule has 3 aliphatic rings. The summed E-state index contributed by atoms with van der Waals surface area (Å²) in [7, 11) is 8.08. The normalized spacial score (nSPS) is 24.0. The van der Waals surface area contributed by atoms with E-state index in [1.165, 1.54) is 12.0 Å². The predicted octanol–water partition coefficient (Wildman–Crippen LogP) is 1.26. The van der Waals surface area contributed by atoms with E-state index in [1.54, 1.807) is 58.5 Å². The SMILES string of the molecule is COC(=O)c1ccc(CNCc2cc(N(C)C)c3c(c2O)C(=O)C2=C(O)[C@]4(O)C(=O)C(C(N)=O)=C(O)[C@@H](N(C)C)[C@@H]4C[C@@H]2C3)cc1. The molecule has 244 valence electrons. The van der Waals surface area contributed by atoms with Gasteiger partial charge in [-0.3, -0.25) is 19.3 Å². The molecule has 3 aliphatic carbocycles. The number of carbonyl (C=O) groups excluding carboxylic acids is 4. The highest BCUT2D eigenvalue weighted by Gasteiger charge is 2.63. The molecule has 0 saturated heterocycles. The molecule has 0 aromatic heterocycles. The average Bonchev–Trinajstić information content (AvgIpc) is 2.99. The predicted molar refractivity (Wildman–Crippen MR) is 166 cm³/mol. The first-order valence-electron chi connectivity index (χ1n) is 14.7. The van der Waals surface area contributed by atoms with Gasteiger partial charge in [-0.1, -0.05) is 12.1 Å². The molecular weight excluding hydrogens is 596 g/mol.